The van der Waals surface area contributed by atoms with Crippen LogP contribution in [0.3, 0.4) is 0 Å². The van der Waals surface area contributed by atoms with E-state index in [1.165, 1.54) is 5.56 Å². The van der Waals surface area contributed by atoms with Crippen LogP contribution >= 0.6 is 0 Å². The molecule has 0 saturated carbocycles. The predicted molar refractivity (Wildman–Crippen MR) is 106 cm³/mol. The zero-order valence-electron chi connectivity index (χ0n) is 16.2. The molecule has 27 heavy (non-hydrogen) atoms. The van der Waals surface area contributed by atoms with Gasteiger partial charge in [-0.1, -0.05) is 18.2 Å². The van der Waals surface area contributed by atoms with Gasteiger partial charge in [-0.2, -0.15) is 0 Å². The SMILES string of the molecule is COc1cc(NCCC(=O)N2c3ccccc3CC2C)cc(OC)c1OC. The Bertz CT molecular complexity index is 797. The van der Waals surface area contributed by atoms with Crippen LogP contribution in [0.1, 0.15) is 18.9 Å². The first-order valence-corrected chi connectivity index (χ1v) is 9.02. The molecule has 1 N–H and O–H groups in total. The number of fused-ring (bicyclic) bond motifs is 1. The highest BCUT2D eigenvalue weighted by Gasteiger charge is 2.29. The van der Waals surface area contributed by atoms with Crippen molar-refractivity contribution in [1.29, 1.82) is 0 Å². The number of methoxy groups -OCH3 is 3. The quantitative estimate of drug-likeness (QED) is 0.808. The van der Waals surface area contributed by atoms with E-state index >= 15 is 0 Å². The monoisotopic (exact) mass is 370 g/mol. The van der Waals surface area contributed by atoms with Gasteiger partial charge in [0, 0.05) is 42.5 Å². The summed E-state index contributed by atoms with van der Waals surface area (Å²) < 4.78 is 16.1. The van der Waals surface area contributed by atoms with E-state index in [1.807, 2.05) is 35.2 Å². The summed E-state index contributed by atoms with van der Waals surface area (Å²) in [7, 11) is 4.73. The fraction of sp³-hybridized carbons (Fsp3) is 0.381. The molecule has 6 heteroatoms. The van der Waals surface area contributed by atoms with Gasteiger partial charge in [-0.15, -0.1) is 0 Å². The van der Waals surface area contributed by atoms with Crippen LogP contribution in [-0.2, 0) is 11.2 Å². The van der Waals surface area contributed by atoms with Crippen molar-refractivity contribution >= 4 is 17.3 Å². The summed E-state index contributed by atoms with van der Waals surface area (Å²) in [5, 5.41) is 3.28. The summed E-state index contributed by atoms with van der Waals surface area (Å²) >= 11 is 0. The van der Waals surface area contributed by atoms with Gasteiger partial charge in [0.15, 0.2) is 11.5 Å². The highest BCUT2D eigenvalue weighted by molar-refractivity contribution is 5.96. The number of carbonyl (C=O) groups is 1. The number of nitrogens with one attached hydrogen (secondary N) is 1. The molecule has 2 aromatic rings. The number of para-hydroxylation sites is 1. The normalized spacial score (nSPS) is 15.3. The molecule has 0 saturated heterocycles. The molecule has 2 aromatic carbocycles. The number of hydrogen-bond donors (Lipinski definition) is 1. The second-order valence-corrected chi connectivity index (χ2v) is 6.54. The van der Waals surface area contributed by atoms with Gasteiger partial charge < -0.3 is 24.4 Å². The Balaban J connectivity index is 1.66. The topological polar surface area (TPSA) is 60.0 Å². The maximum Gasteiger partial charge on any atom is 0.229 e. The van der Waals surface area contributed by atoms with Gasteiger partial charge in [0.1, 0.15) is 0 Å². The second-order valence-electron chi connectivity index (χ2n) is 6.54. The number of ether oxygens (including phenoxy) is 3. The van der Waals surface area contributed by atoms with Gasteiger partial charge >= 0.3 is 0 Å². The van der Waals surface area contributed by atoms with Gasteiger partial charge in [-0.05, 0) is 25.0 Å². The summed E-state index contributed by atoms with van der Waals surface area (Å²) in [6, 6.07) is 12.0. The first-order valence-electron chi connectivity index (χ1n) is 9.02. The van der Waals surface area contributed by atoms with E-state index in [4.69, 9.17) is 14.2 Å². The maximum absolute atomic E-state index is 12.8. The third kappa shape index (κ3) is 3.79. The molecular formula is C21H26N2O4. The third-order valence-corrected chi connectivity index (χ3v) is 4.81. The van der Waals surface area contributed by atoms with Crippen LogP contribution in [0.4, 0.5) is 11.4 Å². The first-order chi connectivity index (χ1) is 13.1. The summed E-state index contributed by atoms with van der Waals surface area (Å²) in [5.41, 5.74) is 3.07. The Kier molecular flexibility index (Phi) is 5.74. The standard InChI is InChI=1S/C21H26N2O4/c1-14-11-15-7-5-6-8-17(15)23(14)20(24)9-10-22-16-12-18(25-2)21(27-4)19(13-16)26-3/h5-8,12-14,22H,9-11H2,1-4H3. The zero-order chi connectivity index (χ0) is 19.4. The fourth-order valence-electron chi connectivity index (χ4n) is 3.56. The summed E-state index contributed by atoms with van der Waals surface area (Å²) in [6.07, 6.45) is 1.30. The highest BCUT2D eigenvalue weighted by atomic mass is 16.5. The summed E-state index contributed by atoms with van der Waals surface area (Å²) in [5.74, 6) is 1.82. The number of benzene rings is 2. The van der Waals surface area contributed by atoms with Crippen molar-refractivity contribution in [1.82, 2.24) is 0 Å². The zero-order valence-corrected chi connectivity index (χ0v) is 16.2. The molecule has 6 nitrogen and oxygen atoms in total. The molecule has 0 aromatic heterocycles. The average molecular weight is 370 g/mol. The molecule has 3 rings (SSSR count). The van der Waals surface area contributed by atoms with Crippen molar-refractivity contribution in [2.75, 3.05) is 38.1 Å². The minimum absolute atomic E-state index is 0.118. The molecule has 1 aliphatic heterocycles. The number of nitrogens with zero attached hydrogens (tertiary/aromatic N) is 1. The number of rotatable bonds is 7. The van der Waals surface area contributed by atoms with Crippen LogP contribution in [0.15, 0.2) is 36.4 Å². The molecule has 144 valence electrons. The Labute approximate surface area is 160 Å². The van der Waals surface area contributed by atoms with Crippen molar-refractivity contribution in [3.8, 4) is 17.2 Å². The van der Waals surface area contributed by atoms with E-state index in [9.17, 15) is 4.79 Å². The molecule has 1 atom stereocenters. The predicted octanol–water partition coefficient (Wildman–Crippen LogP) is 3.49. The van der Waals surface area contributed by atoms with E-state index in [0.29, 0.717) is 30.2 Å². The van der Waals surface area contributed by atoms with Gasteiger partial charge in [-0.3, -0.25) is 4.79 Å². The molecule has 0 spiro atoms. The molecule has 0 radical (unpaired) electrons. The summed E-state index contributed by atoms with van der Waals surface area (Å²) in [6.45, 7) is 2.60. The van der Waals surface area contributed by atoms with E-state index in [-0.39, 0.29) is 11.9 Å². The number of amides is 1. The third-order valence-electron chi connectivity index (χ3n) is 4.81. The van der Waals surface area contributed by atoms with Gasteiger partial charge in [-0.25, -0.2) is 0 Å². The molecule has 0 aliphatic carbocycles. The average Bonchev–Trinajstić information content (AvgIpc) is 3.02. The maximum atomic E-state index is 12.8. The fourth-order valence-corrected chi connectivity index (χ4v) is 3.56. The van der Waals surface area contributed by atoms with E-state index in [1.54, 1.807) is 21.3 Å². The number of hydrogen-bond acceptors (Lipinski definition) is 5. The molecule has 0 bridgehead atoms. The van der Waals surface area contributed by atoms with Gasteiger partial charge in [0.05, 0.1) is 21.3 Å². The lowest BCUT2D eigenvalue weighted by Gasteiger charge is -2.23. The van der Waals surface area contributed by atoms with Crippen LogP contribution in [0.5, 0.6) is 17.2 Å². The van der Waals surface area contributed by atoms with Crippen LogP contribution in [-0.4, -0.2) is 39.8 Å². The van der Waals surface area contributed by atoms with Crippen molar-refractivity contribution in [3.63, 3.8) is 0 Å². The molecule has 1 unspecified atom stereocenters. The van der Waals surface area contributed by atoms with E-state index in [0.717, 1.165) is 17.8 Å². The Morgan fingerprint density at radius 2 is 1.78 bits per heavy atom. The van der Waals surface area contributed by atoms with Gasteiger partial charge in [0.2, 0.25) is 11.7 Å². The number of anilines is 2. The molecule has 0 fully saturated rings. The van der Waals surface area contributed by atoms with E-state index < -0.39 is 0 Å². The molecule has 1 aliphatic rings. The van der Waals surface area contributed by atoms with Gasteiger partial charge in [0.25, 0.3) is 0 Å². The minimum atomic E-state index is 0.118. The first kappa shape index (κ1) is 18.9. The van der Waals surface area contributed by atoms with Crippen molar-refractivity contribution < 1.29 is 19.0 Å². The lowest BCUT2D eigenvalue weighted by Crippen LogP contribution is -2.36. The summed E-state index contributed by atoms with van der Waals surface area (Å²) in [4.78, 5) is 14.7. The minimum Gasteiger partial charge on any atom is -0.493 e. The Morgan fingerprint density at radius 1 is 1.11 bits per heavy atom. The lowest BCUT2D eigenvalue weighted by molar-refractivity contribution is -0.118. The van der Waals surface area contributed by atoms with Crippen molar-refractivity contribution in [3.05, 3.63) is 42.0 Å². The second kappa shape index (κ2) is 8.20. The highest BCUT2D eigenvalue weighted by Crippen LogP contribution is 2.40. The Hall–Kier alpha value is -2.89. The smallest absolute Gasteiger partial charge is 0.229 e. The van der Waals surface area contributed by atoms with E-state index in [2.05, 4.69) is 18.3 Å². The van der Waals surface area contributed by atoms with Crippen LogP contribution in [0.2, 0.25) is 0 Å². The van der Waals surface area contributed by atoms with Crippen LogP contribution < -0.4 is 24.4 Å². The van der Waals surface area contributed by atoms with Crippen molar-refractivity contribution in [2.24, 2.45) is 0 Å². The number of carbonyl (C=O) groups excluding carboxylic acids is 1. The van der Waals surface area contributed by atoms with Crippen molar-refractivity contribution in [2.45, 2.75) is 25.8 Å². The molecule has 1 amide bonds. The lowest BCUT2D eigenvalue weighted by atomic mass is 10.1. The molecular weight excluding hydrogens is 344 g/mol. The Morgan fingerprint density at radius 3 is 2.41 bits per heavy atom. The van der Waals surface area contributed by atoms with Crippen LogP contribution in [0, 0.1) is 0 Å². The molecule has 1 heterocycles. The van der Waals surface area contributed by atoms with Crippen LogP contribution in [0.25, 0.3) is 0 Å². The largest absolute Gasteiger partial charge is 0.493 e.